The van der Waals surface area contributed by atoms with Gasteiger partial charge in [0.2, 0.25) is 0 Å². The van der Waals surface area contributed by atoms with Gasteiger partial charge >= 0.3 is 0 Å². The smallest absolute Gasteiger partial charge is 0.271 e. The van der Waals surface area contributed by atoms with Crippen LogP contribution in [0.15, 0.2) is 29.2 Å². The molecule has 1 aromatic carbocycles. The number of hydrogen-bond donors (Lipinski definition) is 1. The van der Waals surface area contributed by atoms with Gasteiger partial charge in [-0.15, -0.1) is 11.8 Å². The fourth-order valence-corrected chi connectivity index (χ4v) is 3.30. The molecule has 1 N–H and O–H groups in total. The summed E-state index contributed by atoms with van der Waals surface area (Å²) in [5.41, 5.74) is 1.40. The molecule has 1 aromatic heterocycles. The van der Waals surface area contributed by atoms with Crippen LogP contribution in [0.4, 0.5) is 0 Å². The van der Waals surface area contributed by atoms with Gasteiger partial charge in [-0.25, -0.2) is 4.98 Å². The highest BCUT2D eigenvalue weighted by Crippen LogP contribution is 2.33. The average Bonchev–Trinajstić information content (AvgIpc) is 2.40. The van der Waals surface area contributed by atoms with Crippen molar-refractivity contribution >= 4 is 34.4 Å². The molecule has 0 saturated heterocycles. The van der Waals surface area contributed by atoms with Gasteiger partial charge in [-0.1, -0.05) is 26.8 Å². The molecule has 0 saturated carbocycles. The van der Waals surface area contributed by atoms with E-state index in [1.165, 1.54) is 0 Å². The van der Waals surface area contributed by atoms with Crippen LogP contribution >= 0.6 is 11.8 Å². The van der Waals surface area contributed by atoms with E-state index in [0.29, 0.717) is 5.56 Å². The lowest BCUT2D eigenvalue weighted by atomic mass is 10.0. The van der Waals surface area contributed by atoms with Crippen LogP contribution in [0.2, 0.25) is 0 Å². The second-order valence-electron chi connectivity index (χ2n) is 6.06. The maximum atomic E-state index is 11.9. The van der Waals surface area contributed by atoms with Crippen LogP contribution in [0.3, 0.4) is 0 Å². The van der Waals surface area contributed by atoms with Crippen LogP contribution in [0.25, 0.3) is 10.9 Å². The van der Waals surface area contributed by atoms with Gasteiger partial charge in [0.05, 0.1) is 17.6 Å². The van der Waals surface area contributed by atoms with Gasteiger partial charge in [-0.2, -0.15) is 0 Å². The summed E-state index contributed by atoms with van der Waals surface area (Å²) in [7, 11) is 0. The Bertz CT molecular complexity index is 763. The molecule has 2 heterocycles. The lowest BCUT2D eigenvalue weighted by Crippen LogP contribution is -2.37. The molecule has 21 heavy (non-hydrogen) atoms. The number of pyridine rings is 1. The Morgan fingerprint density at radius 3 is 2.67 bits per heavy atom. The molecule has 0 spiro atoms. The molecular weight excluding hydrogens is 284 g/mol. The van der Waals surface area contributed by atoms with E-state index in [1.54, 1.807) is 17.8 Å². The van der Waals surface area contributed by atoms with Crippen molar-refractivity contribution in [3.63, 3.8) is 0 Å². The Balaban J connectivity index is 2.12. The van der Waals surface area contributed by atoms with Crippen molar-refractivity contribution in [3.05, 3.63) is 35.5 Å². The zero-order valence-corrected chi connectivity index (χ0v) is 13.0. The average molecular weight is 300 g/mol. The molecule has 0 aliphatic carbocycles. The Kier molecular flexibility index (Phi) is 3.24. The number of amides is 1. The highest BCUT2D eigenvalue weighted by Gasteiger charge is 2.25. The quantitative estimate of drug-likeness (QED) is 0.822. The van der Waals surface area contributed by atoms with Crippen LogP contribution in [0, 0.1) is 0 Å². The van der Waals surface area contributed by atoms with E-state index < -0.39 is 0 Å². The maximum Gasteiger partial charge on any atom is 0.271 e. The normalized spacial score (nSPS) is 15.0. The van der Waals surface area contributed by atoms with Crippen molar-refractivity contribution in [1.29, 1.82) is 0 Å². The number of fused-ring (bicyclic) bond motifs is 2. The molecule has 0 bridgehead atoms. The van der Waals surface area contributed by atoms with Crippen LogP contribution in [0.1, 0.15) is 41.6 Å². The zero-order chi connectivity index (χ0) is 15.2. The molecule has 1 aliphatic heterocycles. The van der Waals surface area contributed by atoms with Crippen molar-refractivity contribution in [1.82, 2.24) is 10.3 Å². The first-order chi connectivity index (χ1) is 9.83. The van der Waals surface area contributed by atoms with Crippen molar-refractivity contribution in [2.45, 2.75) is 30.4 Å². The minimum atomic E-state index is -0.277. The third-order valence-corrected chi connectivity index (χ3v) is 4.24. The Hall–Kier alpha value is -1.88. The molecule has 1 aliphatic rings. The predicted molar refractivity (Wildman–Crippen MR) is 84.0 cm³/mol. The third kappa shape index (κ3) is 2.78. The number of nitrogens with zero attached hydrogens (tertiary/aromatic N) is 1. The molecular formula is C16H16N2O2S. The first-order valence-electron chi connectivity index (χ1n) is 6.79. The van der Waals surface area contributed by atoms with Gasteiger partial charge in [-0.05, 0) is 18.2 Å². The lowest BCUT2D eigenvalue weighted by Gasteiger charge is -2.18. The van der Waals surface area contributed by atoms with E-state index in [4.69, 9.17) is 0 Å². The van der Waals surface area contributed by atoms with E-state index in [-0.39, 0.29) is 28.7 Å². The predicted octanol–water partition coefficient (Wildman–Crippen LogP) is 3.05. The van der Waals surface area contributed by atoms with Crippen LogP contribution < -0.4 is 5.32 Å². The van der Waals surface area contributed by atoms with Crippen LogP contribution in [-0.4, -0.2) is 28.0 Å². The Morgan fingerprint density at radius 1 is 1.19 bits per heavy atom. The molecule has 1 amide bonds. The van der Waals surface area contributed by atoms with Gasteiger partial charge < -0.3 is 5.32 Å². The Morgan fingerprint density at radius 2 is 1.95 bits per heavy atom. The van der Waals surface area contributed by atoms with E-state index in [0.717, 1.165) is 15.8 Å². The number of thioether (sulfide) groups is 1. The number of Topliss-reactive ketones (excluding diaryl/α,β-unsaturated/α-hetero) is 1. The highest BCUT2D eigenvalue weighted by atomic mass is 32.2. The molecule has 2 aromatic rings. The number of benzene rings is 1. The van der Waals surface area contributed by atoms with Gasteiger partial charge in [-0.3, -0.25) is 9.59 Å². The second kappa shape index (κ2) is 4.84. The number of nitrogens with one attached hydrogen (secondary N) is 1. The minimum Gasteiger partial charge on any atom is -0.343 e. The van der Waals surface area contributed by atoms with Gasteiger partial charge in [0.25, 0.3) is 5.91 Å². The molecule has 108 valence electrons. The van der Waals surface area contributed by atoms with E-state index in [2.05, 4.69) is 31.1 Å². The molecule has 0 radical (unpaired) electrons. The summed E-state index contributed by atoms with van der Waals surface area (Å²) in [5.74, 6) is -0.368. The van der Waals surface area contributed by atoms with E-state index >= 15 is 0 Å². The molecule has 0 unspecified atom stereocenters. The standard InChI is InChI=1S/C16H16N2O2S/c1-16(2,3)21-10-5-4-9-6-11-13(19)8-17-15(20)14(11)18-12(9)7-10/h4-7H,8H2,1-3H3,(H,17,20). The van der Waals surface area contributed by atoms with Crippen LogP contribution in [-0.2, 0) is 0 Å². The number of rotatable bonds is 1. The maximum absolute atomic E-state index is 11.9. The molecule has 5 heteroatoms. The van der Waals surface area contributed by atoms with Crippen LogP contribution in [0.5, 0.6) is 0 Å². The fourth-order valence-electron chi connectivity index (χ4n) is 2.29. The molecule has 3 rings (SSSR count). The minimum absolute atomic E-state index is 0.0526. The SMILES string of the molecule is CC(C)(C)Sc1ccc2cc3c(nc2c1)C(=O)NCC3=O. The van der Waals surface area contributed by atoms with Crippen molar-refractivity contribution in [2.24, 2.45) is 0 Å². The number of aromatic nitrogens is 1. The lowest BCUT2D eigenvalue weighted by molar-refractivity contribution is 0.0873. The van der Waals surface area contributed by atoms with Crippen molar-refractivity contribution in [2.75, 3.05) is 6.54 Å². The number of ketones is 1. The first-order valence-corrected chi connectivity index (χ1v) is 7.60. The number of carbonyl (C=O) groups excluding carboxylic acids is 2. The number of carbonyl (C=O) groups is 2. The van der Waals surface area contributed by atoms with Gasteiger partial charge in [0.1, 0.15) is 5.69 Å². The molecule has 0 atom stereocenters. The second-order valence-corrected chi connectivity index (χ2v) is 7.96. The fraction of sp³-hybridized carbons (Fsp3) is 0.312. The first kappa shape index (κ1) is 14.1. The Labute approximate surface area is 127 Å². The summed E-state index contributed by atoms with van der Waals surface area (Å²) in [5, 5.41) is 3.43. The summed E-state index contributed by atoms with van der Waals surface area (Å²) in [6.45, 7) is 6.49. The van der Waals surface area contributed by atoms with Gasteiger partial charge in [0.15, 0.2) is 5.78 Å². The summed E-state index contributed by atoms with van der Waals surface area (Å²) in [6.07, 6.45) is 0. The zero-order valence-electron chi connectivity index (χ0n) is 12.2. The molecule has 4 nitrogen and oxygen atoms in total. The van der Waals surface area contributed by atoms with Crippen molar-refractivity contribution < 1.29 is 9.59 Å². The topological polar surface area (TPSA) is 59.1 Å². The van der Waals surface area contributed by atoms with Gasteiger partial charge in [0, 0.05) is 15.0 Å². The van der Waals surface area contributed by atoms with E-state index in [1.807, 2.05) is 18.2 Å². The number of hydrogen-bond acceptors (Lipinski definition) is 4. The highest BCUT2D eigenvalue weighted by molar-refractivity contribution is 8.00. The summed E-state index contributed by atoms with van der Waals surface area (Å²) in [4.78, 5) is 29.2. The largest absolute Gasteiger partial charge is 0.343 e. The summed E-state index contributed by atoms with van der Waals surface area (Å²) < 4.78 is 0.106. The van der Waals surface area contributed by atoms with Crippen molar-refractivity contribution in [3.8, 4) is 0 Å². The summed E-state index contributed by atoms with van der Waals surface area (Å²) in [6, 6.07) is 7.72. The molecule has 0 fully saturated rings. The summed E-state index contributed by atoms with van der Waals surface area (Å²) >= 11 is 1.75. The third-order valence-electron chi connectivity index (χ3n) is 3.14. The van der Waals surface area contributed by atoms with E-state index in [9.17, 15) is 9.59 Å². The monoisotopic (exact) mass is 300 g/mol.